The Morgan fingerprint density at radius 2 is 2.06 bits per heavy atom. The van der Waals surface area contributed by atoms with Crippen molar-refractivity contribution in [3.8, 4) is 5.75 Å². The molecular weight excluding hydrogens is 341 g/mol. The quantitative estimate of drug-likeness (QED) is 0.323. The number of nitro benzene ring substituents is 1. The van der Waals surface area contributed by atoms with Crippen molar-refractivity contribution in [1.82, 2.24) is 0 Å². The van der Waals surface area contributed by atoms with Gasteiger partial charge in [0.15, 0.2) is 0 Å². The number of alkyl halides is 1. The molecule has 5 nitrogen and oxygen atoms in total. The van der Waals surface area contributed by atoms with Gasteiger partial charge in [0.25, 0.3) is 5.69 Å². The second-order valence-electron chi connectivity index (χ2n) is 3.29. The Labute approximate surface area is 119 Å². The number of nitrogens with zero attached hydrogens (tertiary/aromatic N) is 1. The van der Waals surface area contributed by atoms with E-state index < -0.39 is 11.4 Å². The van der Waals surface area contributed by atoms with Crippen LogP contribution in [0.5, 0.6) is 5.75 Å². The van der Waals surface area contributed by atoms with Crippen LogP contribution < -0.4 is 4.52 Å². The van der Waals surface area contributed by atoms with E-state index in [-0.39, 0.29) is 5.69 Å². The van der Waals surface area contributed by atoms with Gasteiger partial charge in [-0.3, -0.25) is 10.1 Å². The molecule has 1 aromatic rings. The minimum atomic E-state index is -2.34. The van der Waals surface area contributed by atoms with Crippen molar-refractivity contribution in [3.05, 3.63) is 34.4 Å². The van der Waals surface area contributed by atoms with Crippen molar-refractivity contribution in [3.63, 3.8) is 0 Å². The SMILES string of the molecule is CCP(=S)(OCCBr)Oc1ccc([N+](=O)[O-])cc1. The highest BCUT2D eigenvalue weighted by molar-refractivity contribution is 9.09. The Morgan fingerprint density at radius 1 is 1.44 bits per heavy atom. The van der Waals surface area contributed by atoms with Crippen LogP contribution in [-0.2, 0) is 16.3 Å². The monoisotopic (exact) mass is 353 g/mol. The smallest absolute Gasteiger partial charge is 0.269 e. The molecule has 1 aromatic carbocycles. The lowest BCUT2D eigenvalue weighted by Gasteiger charge is -2.21. The molecule has 0 bridgehead atoms. The molecule has 1 unspecified atom stereocenters. The summed E-state index contributed by atoms with van der Waals surface area (Å²) in [7, 11) is 0. The molecule has 100 valence electrons. The first-order valence-electron chi connectivity index (χ1n) is 5.24. The van der Waals surface area contributed by atoms with E-state index in [1.807, 2.05) is 6.92 Å². The molecule has 1 atom stereocenters. The Balaban J connectivity index is 2.76. The first kappa shape index (κ1) is 15.6. The van der Waals surface area contributed by atoms with Gasteiger partial charge < -0.3 is 9.05 Å². The molecule has 0 heterocycles. The summed E-state index contributed by atoms with van der Waals surface area (Å²) in [6.07, 6.45) is 0.603. The van der Waals surface area contributed by atoms with Gasteiger partial charge in [0, 0.05) is 23.6 Å². The summed E-state index contributed by atoms with van der Waals surface area (Å²) in [6, 6.07) is 5.84. The van der Waals surface area contributed by atoms with Crippen LogP contribution in [0, 0.1) is 10.1 Å². The van der Waals surface area contributed by atoms with Crippen LogP contribution in [0.25, 0.3) is 0 Å². The summed E-state index contributed by atoms with van der Waals surface area (Å²) < 4.78 is 11.2. The molecule has 0 fully saturated rings. The van der Waals surface area contributed by atoms with E-state index in [1.54, 1.807) is 0 Å². The fraction of sp³-hybridized carbons (Fsp3) is 0.400. The molecule has 0 saturated heterocycles. The predicted molar refractivity (Wildman–Crippen MR) is 78.3 cm³/mol. The van der Waals surface area contributed by atoms with Gasteiger partial charge in [-0.25, -0.2) is 0 Å². The zero-order valence-electron chi connectivity index (χ0n) is 9.74. The van der Waals surface area contributed by atoms with E-state index in [9.17, 15) is 10.1 Å². The molecule has 0 aliphatic rings. The van der Waals surface area contributed by atoms with Crippen LogP contribution in [0.3, 0.4) is 0 Å². The molecule has 0 spiro atoms. The van der Waals surface area contributed by atoms with Crippen LogP contribution in [0.4, 0.5) is 5.69 Å². The summed E-state index contributed by atoms with van der Waals surface area (Å²) in [5, 5.41) is 11.2. The minimum absolute atomic E-state index is 0.0218. The molecule has 18 heavy (non-hydrogen) atoms. The second kappa shape index (κ2) is 7.19. The van der Waals surface area contributed by atoms with Gasteiger partial charge in [0.2, 0.25) is 6.49 Å². The maximum atomic E-state index is 10.5. The topological polar surface area (TPSA) is 61.6 Å². The third kappa shape index (κ3) is 4.65. The van der Waals surface area contributed by atoms with E-state index in [0.717, 1.165) is 0 Å². The number of benzene rings is 1. The van der Waals surface area contributed by atoms with E-state index in [0.29, 0.717) is 23.8 Å². The third-order valence-corrected chi connectivity index (χ3v) is 5.52. The largest absolute Gasteiger partial charge is 0.443 e. The lowest BCUT2D eigenvalue weighted by molar-refractivity contribution is -0.384. The van der Waals surface area contributed by atoms with Gasteiger partial charge in [0.1, 0.15) is 5.75 Å². The summed E-state index contributed by atoms with van der Waals surface area (Å²) in [5.41, 5.74) is 0.0218. The Hall–Kier alpha value is -0.490. The average Bonchev–Trinajstić information content (AvgIpc) is 2.37. The van der Waals surface area contributed by atoms with E-state index in [2.05, 4.69) is 15.9 Å². The Kier molecular flexibility index (Phi) is 6.21. The number of hydrogen-bond donors (Lipinski definition) is 0. The lowest BCUT2D eigenvalue weighted by atomic mass is 10.3. The zero-order valence-corrected chi connectivity index (χ0v) is 13.0. The number of halogens is 1. The minimum Gasteiger partial charge on any atom is -0.443 e. The van der Waals surface area contributed by atoms with Gasteiger partial charge in [-0.05, 0) is 23.9 Å². The number of rotatable bonds is 7. The first-order chi connectivity index (χ1) is 8.50. The van der Waals surface area contributed by atoms with E-state index >= 15 is 0 Å². The molecule has 0 N–H and O–H groups in total. The van der Waals surface area contributed by atoms with Gasteiger partial charge in [-0.2, -0.15) is 0 Å². The molecule has 1 rings (SSSR count). The van der Waals surface area contributed by atoms with Crippen LogP contribution >= 0.6 is 22.4 Å². The van der Waals surface area contributed by atoms with Gasteiger partial charge in [0.05, 0.1) is 11.5 Å². The van der Waals surface area contributed by atoms with Crippen LogP contribution in [0.1, 0.15) is 6.92 Å². The molecule has 0 aliphatic heterocycles. The Bertz CT molecular complexity index is 454. The maximum absolute atomic E-state index is 10.5. The number of non-ortho nitro benzene ring substituents is 1. The van der Waals surface area contributed by atoms with E-state index in [4.69, 9.17) is 20.9 Å². The summed E-state index contributed by atoms with van der Waals surface area (Å²) in [5.74, 6) is 0.500. The van der Waals surface area contributed by atoms with Crippen LogP contribution in [-0.4, -0.2) is 23.0 Å². The Morgan fingerprint density at radius 3 is 2.50 bits per heavy atom. The normalized spacial score (nSPS) is 13.9. The molecule has 8 heteroatoms. The lowest BCUT2D eigenvalue weighted by Crippen LogP contribution is -2.02. The summed E-state index contributed by atoms with van der Waals surface area (Å²) in [4.78, 5) is 10.1. The van der Waals surface area contributed by atoms with Crippen molar-refractivity contribution in [2.24, 2.45) is 0 Å². The molecular formula is C10H13BrNO4PS. The fourth-order valence-electron chi connectivity index (χ4n) is 1.15. The van der Waals surface area contributed by atoms with Crippen molar-refractivity contribution < 1.29 is 14.0 Å². The van der Waals surface area contributed by atoms with Crippen molar-refractivity contribution in [2.75, 3.05) is 18.1 Å². The molecule has 0 radical (unpaired) electrons. The van der Waals surface area contributed by atoms with Crippen molar-refractivity contribution in [1.29, 1.82) is 0 Å². The van der Waals surface area contributed by atoms with Gasteiger partial charge >= 0.3 is 0 Å². The van der Waals surface area contributed by atoms with Gasteiger partial charge in [-0.15, -0.1) is 0 Å². The number of hydrogen-bond acceptors (Lipinski definition) is 5. The van der Waals surface area contributed by atoms with Gasteiger partial charge in [-0.1, -0.05) is 22.9 Å². The van der Waals surface area contributed by atoms with Crippen LogP contribution in [0.2, 0.25) is 0 Å². The maximum Gasteiger partial charge on any atom is 0.269 e. The molecule has 0 aromatic heterocycles. The number of nitro groups is 1. The molecule has 0 saturated carbocycles. The zero-order chi connectivity index (χ0) is 13.6. The summed E-state index contributed by atoms with van der Waals surface area (Å²) in [6.45, 7) is 0.0434. The standard InChI is InChI=1S/C10H13BrNO4PS/c1-2-17(18,15-8-7-11)16-10-5-3-9(4-6-10)12(13)14/h3-6H,2,7-8H2,1H3. The van der Waals surface area contributed by atoms with Crippen molar-refractivity contribution in [2.45, 2.75) is 6.92 Å². The highest BCUT2D eigenvalue weighted by atomic mass is 79.9. The molecule has 0 amide bonds. The predicted octanol–water partition coefficient (Wildman–Crippen LogP) is 3.71. The highest BCUT2D eigenvalue weighted by Crippen LogP contribution is 2.48. The first-order valence-corrected chi connectivity index (χ1v) is 9.19. The van der Waals surface area contributed by atoms with E-state index in [1.165, 1.54) is 24.3 Å². The third-order valence-electron chi connectivity index (χ3n) is 2.04. The summed E-state index contributed by atoms with van der Waals surface area (Å²) >= 11 is 8.61. The van der Waals surface area contributed by atoms with Crippen LogP contribution in [0.15, 0.2) is 24.3 Å². The highest BCUT2D eigenvalue weighted by Gasteiger charge is 2.18. The average molecular weight is 354 g/mol. The molecule has 0 aliphatic carbocycles. The second-order valence-corrected chi connectivity index (χ2v) is 8.05. The van der Waals surface area contributed by atoms with Crippen molar-refractivity contribution >= 4 is 39.9 Å². The fourth-order valence-corrected chi connectivity index (χ4v) is 3.22.